The number of esters is 1. The lowest BCUT2D eigenvalue weighted by Gasteiger charge is -2.26. The molecule has 234 valence electrons. The normalized spacial score (nSPS) is 12.0. The number of thioether (sulfide) groups is 1. The minimum Gasteiger partial charge on any atom is -0.487 e. The molecule has 5 aromatic rings. The number of hydrogen-bond acceptors (Lipinski definition) is 6. The molecular formula is C38H43N3O3S. The van der Waals surface area contributed by atoms with Gasteiger partial charge in [-0.05, 0) is 75.2 Å². The number of carbonyl (C=O) groups is 1. The van der Waals surface area contributed by atoms with Crippen molar-refractivity contribution in [2.45, 2.75) is 77.7 Å². The number of ether oxygens (including phenoxy) is 2. The van der Waals surface area contributed by atoms with Gasteiger partial charge in [0.2, 0.25) is 0 Å². The third-order valence-electron chi connectivity index (χ3n) is 7.59. The second-order valence-electron chi connectivity index (χ2n) is 13.0. The molecule has 0 aliphatic carbocycles. The van der Waals surface area contributed by atoms with Gasteiger partial charge in [-0.25, -0.2) is 0 Å². The summed E-state index contributed by atoms with van der Waals surface area (Å²) >= 11 is 1.83. The van der Waals surface area contributed by atoms with E-state index >= 15 is 0 Å². The number of aromatic nitrogens is 3. The molecular weight excluding hydrogens is 579 g/mol. The van der Waals surface area contributed by atoms with Crippen LogP contribution in [0.3, 0.4) is 0 Å². The summed E-state index contributed by atoms with van der Waals surface area (Å²) in [5.41, 5.74) is 6.79. The first kappa shape index (κ1) is 32.3. The maximum atomic E-state index is 13.1. The van der Waals surface area contributed by atoms with E-state index in [1.54, 1.807) is 6.20 Å². The van der Waals surface area contributed by atoms with E-state index in [0.717, 1.165) is 44.9 Å². The van der Waals surface area contributed by atoms with Gasteiger partial charge in [0.25, 0.3) is 0 Å². The van der Waals surface area contributed by atoms with Crippen molar-refractivity contribution in [1.29, 1.82) is 0 Å². The van der Waals surface area contributed by atoms with Gasteiger partial charge >= 0.3 is 5.97 Å². The highest BCUT2D eigenvalue weighted by Gasteiger charge is 2.34. The van der Waals surface area contributed by atoms with E-state index in [2.05, 4.69) is 77.8 Å². The minimum atomic E-state index is -0.712. The van der Waals surface area contributed by atoms with Crippen LogP contribution in [0, 0.1) is 12.3 Å². The van der Waals surface area contributed by atoms with Crippen molar-refractivity contribution in [3.63, 3.8) is 0 Å². The molecule has 0 N–H and O–H groups in total. The van der Waals surface area contributed by atoms with Crippen LogP contribution >= 0.6 is 11.8 Å². The molecule has 7 heteroatoms. The maximum absolute atomic E-state index is 13.1. The van der Waals surface area contributed by atoms with Crippen LogP contribution in [0.1, 0.15) is 64.2 Å². The van der Waals surface area contributed by atoms with Gasteiger partial charge in [0.15, 0.2) is 0 Å². The lowest BCUT2D eigenvalue weighted by Crippen LogP contribution is -2.30. The van der Waals surface area contributed by atoms with Crippen molar-refractivity contribution in [1.82, 2.24) is 14.5 Å². The summed E-state index contributed by atoms with van der Waals surface area (Å²) in [6.07, 6.45) is 4.24. The molecule has 0 unspecified atom stereocenters. The van der Waals surface area contributed by atoms with E-state index in [0.29, 0.717) is 26.2 Å². The van der Waals surface area contributed by atoms with Gasteiger partial charge in [-0.15, -0.1) is 11.8 Å². The molecule has 3 aromatic heterocycles. The lowest BCUT2D eigenvalue weighted by molar-refractivity contribution is -0.153. The van der Waals surface area contributed by atoms with Crippen LogP contribution in [0.15, 0.2) is 90.1 Å². The van der Waals surface area contributed by atoms with Crippen molar-refractivity contribution in [3.05, 3.63) is 108 Å². The molecule has 0 saturated heterocycles. The van der Waals surface area contributed by atoms with Crippen LogP contribution in [-0.4, -0.2) is 31.9 Å². The molecule has 0 amide bonds. The summed E-state index contributed by atoms with van der Waals surface area (Å²) in [4.78, 5) is 23.2. The summed E-state index contributed by atoms with van der Waals surface area (Å²) in [5, 5.41) is 1.12. The fourth-order valence-electron chi connectivity index (χ4n) is 5.30. The van der Waals surface area contributed by atoms with Crippen molar-refractivity contribution < 1.29 is 14.3 Å². The molecule has 0 aliphatic heterocycles. The Labute approximate surface area is 271 Å². The van der Waals surface area contributed by atoms with Crippen LogP contribution < -0.4 is 4.74 Å². The van der Waals surface area contributed by atoms with Crippen molar-refractivity contribution in [2.24, 2.45) is 5.41 Å². The van der Waals surface area contributed by atoms with Crippen molar-refractivity contribution >= 4 is 28.6 Å². The quantitative estimate of drug-likeness (QED) is 0.108. The molecule has 0 saturated carbocycles. The first-order valence-electron chi connectivity index (χ1n) is 15.5. The van der Waals surface area contributed by atoms with E-state index in [4.69, 9.17) is 9.47 Å². The molecule has 6 nitrogen and oxygen atoms in total. The van der Waals surface area contributed by atoms with Gasteiger partial charge in [-0.3, -0.25) is 14.8 Å². The average molecular weight is 622 g/mol. The van der Waals surface area contributed by atoms with Gasteiger partial charge in [0, 0.05) is 62.9 Å². The minimum absolute atomic E-state index is 0.0591. The average Bonchev–Trinajstić information content (AvgIpc) is 3.26. The van der Waals surface area contributed by atoms with Crippen LogP contribution in [0.2, 0.25) is 0 Å². The Morgan fingerprint density at radius 3 is 2.31 bits per heavy atom. The van der Waals surface area contributed by atoms with E-state index in [1.807, 2.05) is 76.0 Å². The Morgan fingerprint density at radius 2 is 1.67 bits per heavy atom. The van der Waals surface area contributed by atoms with E-state index < -0.39 is 5.41 Å². The molecule has 0 spiro atoms. The van der Waals surface area contributed by atoms with Gasteiger partial charge in [0.1, 0.15) is 12.4 Å². The monoisotopic (exact) mass is 621 g/mol. The van der Waals surface area contributed by atoms with E-state index in [9.17, 15) is 4.79 Å². The lowest BCUT2D eigenvalue weighted by atomic mass is 9.87. The van der Waals surface area contributed by atoms with Gasteiger partial charge in [-0.1, -0.05) is 57.2 Å². The van der Waals surface area contributed by atoms with E-state index in [-0.39, 0.29) is 10.7 Å². The molecule has 0 fully saturated rings. The first-order valence-corrected chi connectivity index (χ1v) is 16.3. The number of benzene rings is 2. The third-order valence-corrected chi connectivity index (χ3v) is 8.86. The Kier molecular flexibility index (Phi) is 9.68. The molecule has 0 atom stereocenters. The smallest absolute Gasteiger partial charge is 0.311 e. The molecule has 2 aromatic carbocycles. The standard InChI is InChI=1S/C38H43N3O3S/c1-8-43-36(42)38(6,7)22-34-35(45-37(3,4)5)32-21-31(44-25-30-11-9-10-20-39-30)18-19-33(32)41(34)24-27-13-16-28(17-14-27)29-15-12-26(2)40-23-29/h9-21,23H,8,22,24-25H2,1-7H3. The number of rotatable bonds is 11. The fraction of sp³-hybridized carbons (Fsp3) is 0.342. The molecule has 0 radical (unpaired) electrons. The number of carbonyl (C=O) groups excluding carboxylic acids is 1. The topological polar surface area (TPSA) is 66.2 Å². The van der Waals surface area contributed by atoms with Gasteiger partial charge < -0.3 is 14.0 Å². The summed E-state index contributed by atoms with van der Waals surface area (Å²) in [5.74, 6) is 0.595. The van der Waals surface area contributed by atoms with Gasteiger partial charge in [0.05, 0.1) is 17.7 Å². The van der Waals surface area contributed by atoms with Gasteiger partial charge in [-0.2, -0.15) is 0 Å². The number of aryl methyl sites for hydroxylation is 1. The van der Waals surface area contributed by atoms with Crippen LogP contribution in [0.4, 0.5) is 0 Å². The number of hydrogen-bond donors (Lipinski definition) is 0. The Bertz CT molecular complexity index is 1750. The SMILES string of the molecule is CCOC(=O)C(C)(C)Cc1c(SC(C)(C)C)c2cc(OCc3ccccn3)ccc2n1Cc1ccc(-c2ccc(C)nc2)cc1. The summed E-state index contributed by atoms with van der Waals surface area (Å²) in [6, 6.07) is 25.0. The molecule has 5 rings (SSSR count). The largest absolute Gasteiger partial charge is 0.487 e. The van der Waals surface area contributed by atoms with E-state index in [1.165, 1.54) is 10.5 Å². The molecule has 3 heterocycles. The van der Waals surface area contributed by atoms with Crippen molar-refractivity contribution in [2.75, 3.05) is 6.61 Å². The molecule has 0 bridgehead atoms. The Balaban J connectivity index is 1.59. The first-order chi connectivity index (χ1) is 21.4. The predicted octanol–water partition coefficient (Wildman–Crippen LogP) is 9.06. The number of nitrogens with zero attached hydrogens (tertiary/aromatic N) is 3. The summed E-state index contributed by atoms with van der Waals surface area (Å²) in [6.45, 7) is 15.9. The third kappa shape index (κ3) is 7.95. The zero-order chi connectivity index (χ0) is 32.2. The Hall–Kier alpha value is -4.10. The maximum Gasteiger partial charge on any atom is 0.311 e. The predicted molar refractivity (Wildman–Crippen MR) is 184 cm³/mol. The van der Waals surface area contributed by atoms with Crippen LogP contribution in [0.25, 0.3) is 22.0 Å². The zero-order valence-electron chi connectivity index (χ0n) is 27.4. The summed E-state index contributed by atoms with van der Waals surface area (Å²) in [7, 11) is 0. The highest BCUT2D eigenvalue weighted by molar-refractivity contribution is 8.00. The van der Waals surface area contributed by atoms with Crippen molar-refractivity contribution in [3.8, 4) is 16.9 Å². The second-order valence-corrected chi connectivity index (χ2v) is 14.9. The Morgan fingerprint density at radius 1 is 0.911 bits per heavy atom. The summed E-state index contributed by atoms with van der Waals surface area (Å²) < 4.78 is 14.1. The fourth-order valence-corrected chi connectivity index (χ4v) is 6.49. The van der Waals surface area contributed by atoms with Crippen LogP contribution in [0.5, 0.6) is 5.75 Å². The molecule has 0 aliphatic rings. The molecule has 45 heavy (non-hydrogen) atoms. The van der Waals surface area contributed by atoms with Crippen LogP contribution in [-0.2, 0) is 29.1 Å². The highest BCUT2D eigenvalue weighted by Crippen LogP contribution is 2.44. The highest BCUT2D eigenvalue weighted by atomic mass is 32.2. The second kappa shape index (κ2) is 13.5. The number of pyridine rings is 2. The number of fused-ring (bicyclic) bond motifs is 1. The zero-order valence-corrected chi connectivity index (χ0v) is 28.2.